The van der Waals surface area contributed by atoms with Gasteiger partial charge in [0.25, 0.3) is 0 Å². The summed E-state index contributed by atoms with van der Waals surface area (Å²) in [7, 11) is 0. The van der Waals surface area contributed by atoms with Gasteiger partial charge in [0.1, 0.15) is 0 Å². The van der Waals surface area contributed by atoms with E-state index in [9.17, 15) is 4.79 Å². The number of hydrogen-bond acceptors (Lipinski definition) is 2. The molecule has 1 rings (SSSR count). The lowest BCUT2D eigenvalue weighted by Crippen LogP contribution is -2.37. The minimum absolute atomic E-state index is 0.240. The van der Waals surface area contributed by atoms with Gasteiger partial charge in [0, 0.05) is 12.5 Å². The van der Waals surface area contributed by atoms with E-state index >= 15 is 0 Å². The van der Waals surface area contributed by atoms with E-state index in [1.807, 2.05) is 0 Å². The number of nitrogens with two attached hydrogens (primary N) is 1. The SMILES string of the molecule is CCCC(CCN)CCC(=O)NC1CCC(C)C1C. The number of amides is 1. The summed E-state index contributed by atoms with van der Waals surface area (Å²) in [5, 5.41) is 3.23. The monoisotopic (exact) mass is 268 g/mol. The van der Waals surface area contributed by atoms with E-state index in [1.165, 1.54) is 19.3 Å². The molecule has 1 saturated carbocycles. The van der Waals surface area contributed by atoms with Crippen LogP contribution in [0.5, 0.6) is 0 Å². The molecule has 0 saturated heterocycles. The van der Waals surface area contributed by atoms with E-state index in [2.05, 4.69) is 26.1 Å². The molecule has 3 heteroatoms. The molecule has 0 aromatic carbocycles. The van der Waals surface area contributed by atoms with Gasteiger partial charge in [-0.3, -0.25) is 4.79 Å². The number of nitrogens with one attached hydrogen (secondary N) is 1. The summed E-state index contributed by atoms with van der Waals surface area (Å²) >= 11 is 0. The van der Waals surface area contributed by atoms with E-state index in [0.29, 0.717) is 24.3 Å². The summed E-state index contributed by atoms with van der Waals surface area (Å²) in [6, 6.07) is 0.404. The molecule has 1 fully saturated rings. The maximum absolute atomic E-state index is 12.0. The van der Waals surface area contributed by atoms with Crippen LogP contribution in [-0.2, 0) is 4.79 Å². The fourth-order valence-electron chi connectivity index (χ4n) is 3.26. The first-order valence-electron chi connectivity index (χ1n) is 8.07. The summed E-state index contributed by atoms with van der Waals surface area (Å²) in [6.45, 7) is 7.49. The third kappa shape index (κ3) is 5.52. The fraction of sp³-hybridized carbons (Fsp3) is 0.938. The Morgan fingerprint density at radius 3 is 2.53 bits per heavy atom. The minimum Gasteiger partial charge on any atom is -0.353 e. The minimum atomic E-state index is 0.240. The molecule has 1 amide bonds. The second kappa shape index (κ2) is 8.57. The van der Waals surface area contributed by atoms with Crippen molar-refractivity contribution in [2.24, 2.45) is 23.5 Å². The average molecular weight is 268 g/mol. The molecule has 0 aromatic heterocycles. The topological polar surface area (TPSA) is 55.1 Å². The van der Waals surface area contributed by atoms with Crippen LogP contribution in [-0.4, -0.2) is 18.5 Å². The predicted octanol–water partition coefficient (Wildman–Crippen LogP) is 3.08. The van der Waals surface area contributed by atoms with Crippen LogP contribution in [0.1, 0.15) is 65.7 Å². The summed E-state index contributed by atoms with van der Waals surface area (Å²) < 4.78 is 0. The first-order chi connectivity index (χ1) is 9.08. The Balaban J connectivity index is 2.26. The van der Waals surface area contributed by atoms with Gasteiger partial charge in [-0.1, -0.05) is 33.6 Å². The third-order valence-electron chi connectivity index (χ3n) is 4.86. The van der Waals surface area contributed by atoms with Crippen molar-refractivity contribution < 1.29 is 4.79 Å². The van der Waals surface area contributed by atoms with E-state index < -0.39 is 0 Å². The highest BCUT2D eigenvalue weighted by molar-refractivity contribution is 5.76. The van der Waals surface area contributed by atoms with Crippen molar-refractivity contribution in [2.45, 2.75) is 71.8 Å². The maximum atomic E-state index is 12.0. The van der Waals surface area contributed by atoms with Crippen LogP contribution in [0.15, 0.2) is 0 Å². The molecule has 112 valence electrons. The van der Waals surface area contributed by atoms with Crippen molar-refractivity contribution in [1.82, 2.24) is 5.32 Å². The van der Waals surface area contributed by atoms with Crippen LogP contribution in [0.4, 0.5) is 0 Å². The van der Waals surface area contributed by atoms with Gasteiger partial charge in [-0.25, -0.2) is 0 Å². The van der Waals surface area contributed by atoms with Gasteiger partial charge in [0.15, 0.2) is 0 Å². The van der Waals surface area contributed by atoms with Crippen molar-refractivity contribution in [3.05, 3.63) is 0 Å². The molecule has 1 aliphatic rings. The smallest absolute Gasteiger partial charge is 0.220 e. The van der Waals surface area contributed by atoms with E-state index in [-0.39, 0.29) is 5.91 Å². The average Bonchev–Trinajstić information content (AvgIpc) is 2.68. The molecule has 4 unspecified atom stereocenters. The molecule has 0 radical (unpaired) electrons. The molecule has 0 spiro atoms. The predicted molar refractivity (Wildman–Crippen MR) is 80.8 cm³/mol. The maximum Gasteiger partial charge on any atom is 0.220 e. The Bertz CT molecular complexity index is 261. The lowest BCUT2D eigenvalue weighted by Gasteiger charge is -2.20. The second-order valence-electron chi connectivity index (χ2n) is 6.36. The van der Waals surface area contributed by atoms with Gasteiger partial charge < -0.3 is 11.1 Å². The number of carbonyl (C=O) groups is 1. The Kier molecular flexibility index (Phi) is 7.44. The van der Waals surface area contributed by atoms with Crippen molar-refractivity contribution in [1.29, 1.82) is 0 Å². The van der Waals surface area contributed by atoms with Gasteiger partial charge in [-0.15, -0.1) is 0 Å². The molecule has 1 aliphatic carbocycles. The fourth-order valence-corrected chi connectivity index (χ4v) is 3.26. The molecule has 0 heterocycles. The van der Waals surface area contributed by atoms with Crippen LogP contribution in [0.2, 0.25) is 0 Å². The zero-order valence-corrected chi connectivity index (χ0v) is 13.0. The second-order valence-corrected chi connectivity index (χ2v) is 6.36. The zero-order chi connectivity index (χ0) is 14.3. The normalized spacial score (nSPS) is 28.3. The summed E-state index contributed by atoms with van der Waals surface area (Å²) in [5.74, 6) is 2.24. The third-order valence-corrected chi connectivity index (χ3v) is 4.86. The molecular formula is C16H32N2O. The van der Waals surface area contributed by atoms with Crippen molar-refractivity contribution in [3.63, 3.8) is 0 Å². The summed E-state index contributed by atoms with van der Waals surface area (Å²) in [5.41, 5.74) is 5.63. The molecular weight excluding hydrogens is 236 g/mol. The lowest BCUT2D eigenvalue weighted by atomic mass is 9.94. The Morgan fingerprint density at radius 2 is 2.00 bits per heavy atom. The van der Waals surface area contributed by atoms with E-state index in [0.717, 1.165) is 31.7 Å². The van der Waals surface area contributed by atoms with E-state index in [1.54, 1.807) is 0 Å². The molecule has 3 nitrogen and oxygen atoms in total. The van der Waals surface area contributed by atoms with Gasteiger partial charge in [-0.05, 0) is 50.0 Å². The molecule has 19 heavy (non-hydrogen) atoms. The van der Waals surface area contributed by atoms with E-state index in [4.69, 9.17) is 5.73 Å². The number of rotatable bonds is 8. The number of carbonyl (C=O) groups excluding carboxylic acids is 1. The zero-order valence-electron chi connectivity index (χ0n) is 13.0. The molecule has 3 N–H and O–H groups in total. The van der Waals surface area contributed by atoms with Crippen LogP contribution in [0, 0.1) is 17.8 Å². The first-order valence-corrected chi connectivity index (χ1v) is 8.07. The molecule has 0 bridgehead atoms. The van der Waals surface area contributed by atoms with Crippen molar-refractivity contribution in [3.8, 4) is 0 Å². The lowest BCUT2D eigenvalue weighted by molar-refractivity contribution is -0.122. The quantitative estimate of drug-likeness (QED) is 0.711. The summed E-state index contributed by atoms with van der Waals surface area (Å²) in [4.78, 5) is 12.0. The van der Waals surface area contributed by atoms with Crippen LogP contribution >= 0.6 is 0 Å². The summed E-state index contributed by atoms with van der Waals surface area (Å²) in [6.07, 6.45) is 7.49. The van der Waals surface area contributed by atoms with Gasteiger partial charge in [-0.2, -0.15) is 0 Å². The molecule has 0 aromatic rings. The first kappa shape index (κ1) is 16.5. The molecule has 0 aliphatic heterocycles. The Morgan fingerprint density at radius 1 is 1.26 bits per heavy atom. The highest BCUT2D eigenvalue weighted by atomic mass is 16.1. The van der Waals surface area contributed by atoms with Gasteiger partial charge in [0.2, 0.25) is 5.91 Å². The Hall–Kier alpha value is -0.570. The van der Waals surface area contributed by atoms with Gasteiger partial charge >= 0.3 is 0 Å². The highest BCUT2D eigenvalue weighted by Gasteiger charge is 2.30. The Labute approximate surface area is 118 Å². The molecule has 4 atom stereocenters. The van der Waals surface area contributed by atoms with Crippen molar-refractivity contribution >= 4 is 5.91 Å². The standard InChI is InChI=1S/C16H32N2O/c1-4-5-14(10-11-17)7-9-16(19)18-15-8-6-12(2)13(15)3/h12-15H,4-11,17H2,1-3H3,(H,18,19). The number of hydrogen-bond donors (Lipinski definition) is 2. The van der Waals surface area contributed by atoms with Crippen LogP contribution in [0.25, 0.3) is 0 Å². The van der Waals surface area contributed by atoms with Gasteiger partial charge in [0.05, 0.1) is 0 Å². The highest BCUT2D eigenvalue weighted by Crippen LogP contribution is 2.31. The largest absolute Gasteiger partial charge is 0.353 e. The van der Waals surface area contributed by atoms with Crippen LogP contribution in [0.3, 0.4) is 0 Å². The van der Waals surface area contributed by atoms with Crippen molar-refractivity contribution in [2.75, 3.05) is 6.54 Å². The van der Waals surface area contributed by atoms with Crippen LogP contribution < -0.4 is 11.1 Å².